The number of aromatic nitrogens is 3. The van der Waals surface area contributed by atoms with Gasteiger partial charge in [-0.15, -0.1) is 0 Å². The van der Waals surface area contributed by atoms with E-state index in [1.165, 1.54) is 10.9 Å². The zero-order chi connectivity index (χ0) is 17.1. The Labute approximate surface area is 138 Å². The minimum atomic E-state index is -0.934. The van der Waals surface area contributed by atoms with Gasteiger partial charge in [0.05, 0.1) is 5.56 Å². The van der Waals surface area contributed by atoms with Gasteiger partial charge < -0.3 is 15.7 Å². The number of carbonyl (C=O) groups is 2. The van der Waals surface area contributed by atoms with E-state index in [4.69, 9.17) is 10.8 Å². The quantitative estimate of drug-likeness (QED) is 0.863. The molecule has 0 aromatic carbocycles. The summed E-state index contributed by atoms with van der Waals surface area (Å²) in [5.41, 5.74) is 6.91. The molecule has 8 heteroatoms. The number of nitrogens with zero attached hydrogens (tertiary/aromatic N) is 4. The first kappa shape index (κ1) is 16.0. The molecule has 126 valence electrons. The molecule has 1 unspecified atom stereocenters. The molecule has 2 aromatic heterocycles. The second-order valence-corrected chi connectivity index (χ2v) is 5.87. The second-order valence-electron chi connectivity index (χ2n) is 5.87. The van der Waals surface area contributed by atoms with Crippen molar-refractivity contribution in [3.05, 3.63) is 41.9 Å². The van der Waals surface area contributed by atoms with Crippen molar-refractivity contribution < 1.29 is 14.7 Å². The summed E-state index contributed by atoms with van der Waals surface area (Å²) in [5, 5.41) is 13.1. The Morgan fingerprint density at radius 3 is 2.88 bits per heavy atom. The molecule has 3 N–H and O–H groups in total. The van der Waals surface area contributed by atoms with Crippen LogP contribution in [0, 0.1) is 0 Å². The van der Waals surface area contributed by atoms with Crippen LogP contribution in [0.5, 0.6) is 0 Å². The van der Waals surface area contributed by atoms with Crippen molar-refractivity contribution in [1.82, 2.24) is 19.7 Å². The Bertz CT molecular complexity index is 740. The number of aliphatic carboxylic acids is 1. The molecule has 24 heavy (non-hydrogen) atoms. The number of rotatable bonds is 4. The maximum atomic E-state index is 12.6. The summed E-state index contributed by atoms with van der Waals surface area (Å²) >= 11 is 0. The normalized spacial score (nSPS) is 17.7. The van der Waals surface area contributed by atoms with Gasteiger partial charge in [0, 0.05) is 37.1 Å². The molecule has 1 aliphatic heterocycles. The predicted octanol–water partition coefficient (Wildman–Crippen LogP) is 0.965. The first-order chi connectivity index (χ1) is 11.5. The molecule has 2 aromatic rings. The van der Waals surface area contributed by atoms with E-state index in [0.717, 1.165) is 18.5 Å². The van der Waals surface area contributed by atoms with Crippen molar-refractivity contribution in [2.75, 3.05) is 18.8 Å². The van der Waals surface area contributed by atoms with Gasteiger partial charge in [-0.25, -0.2) is 4.98 Å². The second kappa shape index (κ2) is 6.69. The van der Waals surface area contributed by atoms with Crippen molar-refractivity contribution >= 4 is 17.7 Å². The maximum Gasteiger partial charge on any atom is 0.325 e. The van der Waals surface area contributed by atoms with Gasteiger partial charge in [-0.1, -0.05) is 0 Å². The summed E-state index contributed by atoms with van der Waals surface area (Å²) < 4.78 is 1.49. The number of carbonyl (C=O) groups excluding carboxylic acids is 1. The van der Waals surface area contributed by atoms with Crippen LogP contribution in [-0.2, 0) is 11.3 Å². The lowest BCUT2D eigenvalue weighted by atomic mass is 9.94. The molecule has 0 saturated carbocycles. The van der Waals surface area contributed by atoms with Crippen molar-refractivity contribution in [3.8, 4) is 0 Å². The zero-order valence-corrected chi connectivity index (χ0v) is 13.1. The van der Waals surface area contributed by atoms with Crippen molar-refractivity contribution in [2.45, 2.75) is 25.3 Å². The smallest absolute Gasteiger partial charge is 0.325 e. The lowest BCUT2D eigenvalue weighted by Gasteiger charge is -2.33. The van der Waals surface area contributed by atoms with E-state index in [1.54, 1.807) is 23.2 Å². The largest absolute Gasteiger partial charge is 0.480 e. The van der Waals surface area contributed by atoms with E-state index < -0.39 is 5.97 Å². The molecule has 8 nitrogen and oxygen atoms in total. The van der Waals surface area contributed by atoms with Gasteiger partial charge in [-0.05, 0) is 31.0 Å². The molecule has 1 atom stereocenters. The molecule has 0 radical (unpaired) electrons. The summed E-state index contributed by atoms with van der Waals surface area (Å²) in [6.07, 6.45) is 4.84. The lowest BCUT2D eigenvalue weighted by Crippen LogP contribution is -2.39. The minimum absolute atomic E-state index is 0.0753. The molecule has 1 saturated heterocycles. The van der Waals surface area contributed by atoms with E-state index in [9.17, 15) is 9.59 Å². The Hall–Kier alpha value is -2.90. The molecular formula is C16H19N5O3. The fourth-order valence-electron chi connectivity index (χ4n) is 3.07. The highest BCUT2D eigenvalue weighted by molar-refractivity contribution is 5.94. The molecule has 3 rings (SSSR count). The predicted molar refractivity (Wildman–Crippen MR) is 86.4 cm³/mol. The number of piperidine rings is 1. The molecule has 1 fully saturated rings. The van der Waals surface area contributed by atoms with Gasteiger partial charge in [0.2, 0.25) is 0 Å². The third-order valence-electron chi connectivity index (χ3n) is 4.19. The van der Waals surface area contributed by atoms with Crippen molar-refractivity contribution in [1.29, 1.82) is 0 Å². The average Bonchev–Trinajstić information content (AvgIpc) is 3.02. The van der Waals surface area contributed by atoms with Crippen LogP contribution in [0.15, 0.2) is 30.6 Å². The Morgan fingerprint density at radius 1 is 1.33 bits per heavy atom. The van der Waals surface area contributed by atoms with Crippen molar-refractivity contribution in [3.63, 3.8) is 0 Å². The summed E-state index contributed by atoms with van der Waals surface area (Å²) in [5.74, 6) is -0.569. The molecule has 1 aliphatic rings. The average molecular weight is 329 g/mol. The van der Waals surface area contributed by atoms with Crippen LogP contribution in [0.3, 0.4) is 0 Å². The van der Waals surface area contributed by atoms with Gasteiger partial charge in [0.25, 0.3) is 5.91 Å². The van der Waals surface area contributed by atoms with Crippen LogP contribution in [0.25, 0.3) is 0 Å². The van der Waals surface area contributed by atoms with Crippen LogP contribution in [0.4, 0.5) is 5.82 Å². The Morgan fingerprint density at radius 2 is 2.17 bits per heavy atom. The van der Waals surface area contributed by atoms with Crippen LogP contribution in [-0.4, -0.2) is 49.7 Å². The van der Waals surface area contributed by atoms with Crippen LogP contribution in [0.2, 0.25) is 0 Å². The molecule has 3 heterocycles. The fourth-order valence-corrected chi connectivity index (χ4v) is 3.07. The zero-order valence-electron chi connectivity index (χ0n) is 13.1. The number of carboxylic acid groups (broad SMARTS) is 1. The summed E-state index contributed by atoms with van der Waals surface area (Å²) in [4.78, 5) is 29.3. The highest BCUT2D eigenvalue weighted by Gasteiger charge is 2.27. The Kier molecular flexibility index (Phi) is 4.45. The van der Waals surface area contributed by atoms with Gasteiger partial charge in [-0.2, -0.15) is 5.10 Å². The van der Waals surface area contributed by atoms with E-state index in [2.05, 4.69) is 10.1 Å². The number of likely N-dealkylation sites (tertiary alicyclic amines) is 1. The molecule has 0 spiro atoms. The first-order valence-electron chi connectivity index (χ1n) is 7.79. The third-order valence-corrected chi connectivity index (χ3v) is 4.19. The molecule has 0 bridgehead atoms. The number of nitrogen functional groups attached to an aromatic ring is 1. The number of nitrogens with two attached hydrogens (primary N) is 1. The minimum Gasteiger partial charge on any atom is -0.480 e. The van der Waals surface area contributed by atoms with E-state index >= 15 is 0 Å². The SMILES string of the molecule is Nc1ccc(C(=O)N2CCCC(c3ccnn3CC(=O)O)C2)cn1. The van der Waals surface area contributed by atoms with Crippen LogP contribution in [0.1, 0.15) is 34.8 Å². The van der Waals surface area contributed by atoms with E-state index in [0.29, 0.717) is 24.5 Å². The van der Waals surface area contributed by atoms with Crippen molar-refractivity contribution in [2.24, 2.45) is 0 Å². The highest BCUT2D eigenvalue weighted by Crippen LogP contribution is 2.27. The number of pyridine rings is 1. The summed E-state index contributed by atoms with van der Waals surface area (Å²) in [6.45, 7) is 1.04. The highest BCUT2D eigenvalue weighted by atomic mass is 16.4. The van der Waals surface area contributed by atoms with E-state index in [-0.39, 0.29) is 18.4 Å². The number of hydrogen-bond donors (Lipinski definition) is 2. The van der Waals surface area contributed by atoms with Gasteiger partial charge in [-0.3, -0.25) is 14.3 Å². The van der Waals surface area contributed by atoms with Crippen LogP contribution < -0.4 is 5.73 Å². The first-order valence-corrected chi connectivity index (χ1v) is 7.79. The van der Waals surface area contributed by atoms with Crippen LogP contribution >= 0.6 is 0 Å². The maximum absolute atomic E-state index is 12.6. The summed E-state index contributed by atoms with van der Waals surface area (Å²) in [6, 6.07) is 5.10. The number of amides is 1. The van der Waals surface area contributed by atoms with Gasteiger partial charge >= 0.3 is 5.97 Å². The number of anilines is 1. The third kappa shape index (κ3) is 3.37. The standard InChI is InChI=1S/C16H19N5O3/c17-14-4-3-11(8-18-14)16(24)20-7-1-2-12(9-20)13-5-6-19-21(13)10-15(22)23/h3-6,8,12H,1-2,7,9-10H2,(H2,17,18)(H,22,23). The number of carboxylic acids is 1. The fraction of sp³-hybridized carbons (Fsp3) is 0.375. The number of hydrogen-bond acceptors (Lipinski definition) is 5. The molecule has 1 amide bonds. The topological polar surface area (TPSA) is 114 Å². The van der Waals surface area contributed by atoms with E-state index in [1.807, 2.05) is 6.07 Å². The molecular weight excluding hydrogens is 310 g/mol. The Balaban J connectivity index is 1.75. The lowest BCUT2D eigenvalue weighted by molar-refractivity contribution is -0.137. The summed E-state index contributed by atoms with van der Waals surface area (Å²) in [7, 11) is 0. The molecule has 0 aliphatic carbocycles. The van der Waals surface area contributed by atoms with Gasteiger partial charge in [0.15, 0.2) is 0 Å². The monoisotopic (exact) mass is 329 g/mol. The van der Waals surface area contributed by atoms with Gasteiger partial charge in [0.1, 0.15) is 12.4 Å².